The van der Waals surface area contributed by atoms with Gasteiger partial charge in [-0.15, -0.1) is 0 Å². The van der Waals surface area contributed by atoms with Gasteiger partial charge in [0, 0.05) is 29.9 Å². The molecule has 1 spiro atoms. The molecule has 2 unspecified atom stereocenters. The molecule has 0 aliphatic carbocycles. The highest BCUT2D eigenvalue weighted by Crippen LogP contribution is 2.50. The molecule has 4 rings (SSSR count). The van der Waals surface area contributed by atoms with Gasteiger partial charge in [0.05, 0.1) is 0 Å². The molecule has 2 heterocycles. The van der Waals surface area contributed by atoms with Crippen LogP contribution in [0.25, 0.3) is 6.08 Å². The summed E-state index contributed by atoms with van der Waals surface area (Å²) in [4.78, 5) is 2.22. The van der Waals surface area contributed by atoms with Crippen molar-refractivity contribution in [1.29, 1.82) is 0 Å². The first-order valence-corrected chi connectivity index (χ1v) is 7.22. The number of benzene rings is 2. The summed E-state index contributed by atoms with van der Waals surface area (Å²) in [6.45, 7) is 2.22. The molecule has 2 aliphatic rings. The number of fused-ring (bicyclic) bond motifs is 2. The quantitative estimate of drug-likeness (QED) is 0.748. The fraction of sp³-hybridized carbons (Fsp3) is 0.222. The van der Waals surface area contributed by atoms with Gasteiger partial charge in [0.15, 0.2) is 0 Å². The van der Waals surface area contributed by atoms with E-state index in [9.17, 15) is 0 Å². The lowest BCUT2D eigenvalue weighted by molar-refractivity contribution is 0.104. The second kappa shape index (κ2) is 4.04. The Morgan fingerprint density at radius 3 is 2.81 bits per heavy atom. The molecule has 2 aliphatic heterocycles. The first-order chi connectivity index (χ1) is 10.1. The third kappa shape index (κ3) is 1.54. The number of para-hydroxylation sites is 1. The molecule has 2 N–H and O–H groups in total. The molecule has 0 fully saturated rings. The van der Waals surface area contributed by atoms with Crippen LogP contribution in [0.15, 0.2) is 48.5 Å². The van der Waals surface area contributed by atoms with Crippen LogP contribution < -0.4 is 15.4 Å². The molecule has 0 saturated heterocycles. The van der Waals surface area contributed by atoms with Gasteiger partial charge >= 0.3 is 0 Å². The number of hydrogen-bond acceptors (Lipinski definition) is 3. The van der Waals surface area contributed by atoms with Crippen molar-refractivity contribution in [3.05, 3.63) is 59.7 Å². The van der Waals surface area contributed by atoms with E-state index in [1.807, 2.05) is 18.2 Å². The highest BCUT2D eigenvalue weighted by atomic mass is 16.5. The molecule has 0 amide bonds. The van der Waals surface area contributed by atoms with Crippen molar-refractivity contribution in [2.24, 2.45) is 0 Å². The van der Waals surface area contributed by atoms with Crippen molar-refractivity contribution in [3.63, 3.8) is 0 Å². The Morgan fingerprint density at radius 1 is 1.19 bits per heavy atom. The number of anilines is 2. The number of rotatable bonds is 0. The fourth-order valence-electron chi connectivity index (χ4n) is 3.48. The maximum Gasteiger partial charge on any atom is 0.209 e. The Morgan fingerprint density at radius 2 is 2.00 bits per heavy atom. The van der Waals surface area contributed by atoms with Crippen molar-refractivity contribution in [3.8, 4) is 5.75 Å². The third-order valence-corrected chi connectivity index (χ3v) is 4.72. The molecule has 0 radical (unpaired) electrons. The predicted octanol–water partition coefficient (Wildman–Crippen LogP) is 3.62. The third-order valence-electron chi connectivity index (χ3n) is 4.72. The number of nitrogen functional groups attached to an aromatic ring is 1. The summed E-state index contributed by atoms with van der Waals surface area (Å²) in [6.07, 6.45) is 4.27. The number of ether oxygens (including phenoxy) is 1. The standard InChI is InChI=1S/C18H18N2O/c1-12-15-5-3-4-6-16(15)20(2)18(12)10-9-13-11-14(19)7-8-17(13)21-18/h3-12H,19H2,1-2H3. The average molecular weight is 278 g/mol. The maximum absolute atomic E-state index is 6.43. The molecular formula is C18H18N2O. The van der Waals surface area contributed by atoms with Crippen LogP contribution in [-0.2, 0) is 0 Å². The zero-order valence-electron chi connectivity index (χ0n) is 12.2. The summed E-state index contributed by atoms with van der Waals surface area (Å²) >= 11 is 0. The summed E-state index contributed by atoms with van der Waals surface area (Å²) in [5.74, 6) is 1.15. The number of likely N-dealkylation sites (N-methyl/N-ethyl adjacent to an activating group) is 1. The van der Waals surface area contributed by atoms with Crippen LogP contribution in [0.5, 0.6) is 5.75 Å². The smallest absolute Gasteiger partial charge is 0.209 e. The number of hydrogen-bond donors (Lipinski definition) is 1. The Bertz CT molecular complexity index is 722. The van der Waals surface area contributed by atoms with E-state index in [1.165, 1.54) is 11.3 Å². The van der Waals surface area contributed by atoms with Crippen molar-refractivity contribution in [2.75, 3.05) is 17.7 Å². The van der Waals surface area contributed by atoms with Crippen LogP contribution >= 0.6 is 0 Å². The minimum Gasteiger partial charge on any atom is -0.463 e. The summed E-state index contributed by atoms with van der Waals surface area (Å²) < 4.78 is 6.43. The van der Waals surface area contributed by atoms with E-state index in [2.05, 4.69) is 55.3 Å². The van der Waals surface area contributed by atoms with E-state index in [-0.39, 0.29) is 5.92 Å². The lowest BCUT2D eigenvalue weighted by Crippen LogP contribution is -2.50. The van der Waals surface area contributed by atoms with Gasteiger partial charge in [0.1, 0.15) is 5.75 Å². The molecule has 0 bridgehead atoms. The van der Waals surface area contributed by atoms with Crippen LogP contribution in [-0.4, -0.2) is 12.8 Å². The van der Waals surface area contributed by atoms with Crippen molar-refractivity contribution < 1.29 is 4.74 Å². The Labute approximate surface area is 124 Å². The lowest BCUT2D eigenvalue weighted by atomic mass is 9.91. The highest BCUT2D eigenvalue weighted by Gasteiger charge is 2.49. The molecule has 2 aromatic rings. The average Bonchev–Trinajstić information content (AvgIpc) is 2.71. The highest BCUT2D eigenvalue weighted by molar-refractivity contribution is 5.71. The predicted molar refractivity (Wildman–Crippen MR) is 86.5 cm³/mol. The molecule has 2 aromatic carbocycles. The lowest BCUT2D eigenvalue weighted by Gasteiger charge is -2.41. The zero-order chi connectivity index (χ0) is 14.6. The first-order valence-electron chi connectivity index (χ1n) is 7.22. The Hall–Kier alpha value is -2.42. The van der Waals surface area contributed by atoms with Gasteiger partial charge in [0.25, 0.3) is 0 Å². The second-order valence-electron chi connectivity index (χ2n) is 5.82. The van der Waals surface area contributed by atoms with E-state index >= 15 is 0 Å². The maximum atomic E-state index is 6.43. The van der Waals surface area contributed by atoms with Gasteiger partial charge in [-0.1, -0.05) is 25.1 Å². The van der Waals surface area contributed by atoms with E-state index < -0.39 is 5.72 Å². The topological polar surface area (TPSA) is 38.5 Å². The molecular weight excluding hydrogens is 260 g/mol. The summed E-state index contributed by atoms with van der Waals surface area (Å²) in [5, 5.41) is 0. The van der Waals surface area contributed by atoms with Crippen LogP contribution in [0.4, 0.5) is 11.4 Å². The largest absolute Gasteiger partial charge is 0.463 e. The van der Waals surface area contributed by atoms with Gasteiger partial charge in [-0.2, -0.15) is 0 Å². The summed E-state index contributed by atoms with van der Waals surface area (Å²) in [7, 11) is 2.09. The van der Waals surface area contributed by atoms with E-state index in [0.29, 0.717) is 0 Å². The normalized spacial score (nSPS) is 25.6. The number of nitrogens with two attached hydrogens (primary N) is 1. The Kier molecular flexibility index (Phi) is 2.37. The van der Waals surface area contributed by atoms with Gasteiger partial charge in [-0.25, -0.2) is 0 Å². The van der Waals surface area contributed by atoms with Crippen LogP contribution in [0.3, 0.4) is 0 Å². The minimum absolute atomic E-state index is 0.264. The van der Waals surface area contributed by atoms with Crippen molar-refractivity contribution >= 4 is 17.5 Å². The monoisotopic (exact) mass is 278 g/mol. The summed E-state index contributed by atoms with van der Waals surface area (Å²) in [5.41, 5.74) is 9.75. The summed E-state index contributed by atoms with van der Waals surface area (Å²) in [6, 6.07) is 14.3. The van der Waals surface area contributed by atoms with Gasteiger partial charge in [0.2, 0.25) is 5.72 Å². The molecule has 106 valence electrons. The van der Waals surface area contributed by atoms with Gasteiger partial charge in [-0.3, -0.25) is 0 Å². The van der Waals surface area contributed by atoms with Crippen molar-refractivity contribution in [2.45, 2.75) is 18.6 Å². The fourth-order valence-corrected chi connectivity index (χ4v) is 3.48. The van der Waals surface area contributed by atoms with E-state index in [1.54, 1.807) is 0 Å². The van der Waals surface area contributed by atoms with Crippen molar-refractivity contribution in [1.82, 2.24) is 0 Å². The molecule has 2 atom stereocenters. The Balaban J connectivity index is 1.83. The molecule has 21 heavy (non-hydrogen) atoms. The van der Waals surface area contributed by atoms with Crippen LogP contribution in [0.2, 0.25) is 0 Å². The molecule has 3 heteroatoms. The van der Waals surface area contributed by atoms with Gasteiger partial charge < -0.3 is 15.4 Å². The van der Waals surface area contributed by atoms with Gasteiger partial charge in [-0.05, 0) is 42.0 Å². The second-order valence-corrected chi connectivity index (χ2v) is 5.82. The molecule has 0 saturated carbocycles. The molecule has 0 aromatic heterocycles. The van der Waals surface area contributed by atoms with E-state index in [4.69, 9.17) is 10.5 Å². The first kappa shape index (κ1) is 12.3. The van der Waals surface area contributed by atoms with Crippen LogP contribution in [0.1, 0.15) is 24.0 Å². The number of nitrogens with zero attached hydrogens (tertiary/aromatic N) is 1. The zero-order valence-corrected chi connectivity index (χ0v) is 12.2. The SMILES string of the molecule is CC1c2ccccc2N(C)C12C=Cc1cc(N)ccc1O2. The molecule has 3 nitrogen and oxygen atoms in total. The van der Waals surface area contributed by atoms with Crippen LogP contribution in [0, 0.1) is 0 Å². The van der Waals surface area contributed by atoms with E-state index in [0.717, 1.165) is 17.0 Å². The minimum atomic E-state index is -0.452.